The maximum absolute atomic E-state index is 11.2. The number of primary amides is 1. The van der Waals surface area contributed by atoms with Crippen molar-refractivity contribution in [2.45, 2.75) is 25.8 Å². The van der Waals surface area contributed by atoms with Crippen LogP contribution in [-0.4, -0.2) is 22.4 Å². The van der Waals surface area contributed by atoms with E-state index in [0.717, 1.165) is 29.6 Å². The van der Waals surface area contributed by atoms with Gasteiger partial charge in [0, 0.05) is 12.5 Å². The molecule has 2 aromatic rings. The molecule has 2 rings (SSSR count). The van der Waals surface area contributed by atoms with E-state index in [0.29, 0.717) is 6.42 Å². The predicted octanol–water partition coefficient (Wildman–Crippen LogP) is 0.772. The summed E-state index contributed by atoms with van der Waals surface area (Å²) in [6.45, 7) is 2.77. The van der Waals surface area contributed by atoms with Crippen molar-refractivity contribution in [3.05, 3.63) is 34.2 Å². The second-order valence-electron chi connectivity index (χ2n) is 4.63. The molecule has 1 heterocycles. The van der Waals surface area contributed by atoms with E-state index in [1.165, 1.54) is 0 Å². The van der Waals surface area contributed by atoms with Crippen LogP contribution >= 0.6 is 0 Å². The second-order valence-corrected chi connectivity index (χ2v) is 4.63. The number of aromatic nitrogens is 2. The smallest absolute Gasteiger partial charge is 0.323 e. The number of hydrogen-bond acceptors (Lipinski definition) is 3. The SMILES string of the molecule is CC(NCCCC(N)=O)c1ccc2[nH]c(=O)[nH]c2c1. The molecule has 1 aromatic carbocycles. The molecule has 19 heavy (non-hydrogen) atoms. The molecule has 0 aliphatic carbocycles. The zero-order valence-corrected chi connectivity index (χ0v) is 10.8. The fraction of sp³-hybridized carbons (Fsp3) is 0.385. The van der Waals surface area contributed by atoms with Gasteiger partial charge in [0.2, 0.25) is 5.91 Å². The first-order valence-corrected chi connectivity index (χ1v) is 6.30. The Balaban J connectivity index is 1.98. The van der Waals surface area contributed by atoms with Crippen molar-refractivity contribution in [3.63, 3.8) is 0 Å². The van der Waals surface area contributed by atoms with Gasteiger partial charge in [-0.3, -0.25) is 4.79 Å². The molecular formula is C13H18N4O2. The standard InChI is InChI=1S/C13H18N4O2/c1-8(15-6-2-3-12(14)18)9-4-5-10-11(7-9)17-13(19)16-10/h4-5,7-8,15H,2-3,6H2,1H3,(H2,14,18)(H2,16,17,19). The van der Waals surface area contributed by atoms with E-state index < -0.39 is 0 Å². The molecular weight excluding hydrogens is 244 g/mol. The minimum atomic E-state index is -0.277. The molecule has 0 bridgehead atoms. The maximum atomic E-state index is 11.2. The Morgan fingerprint density at radius 2 is 2.11 bits per heavy atom. The zero-order chi connectivity index (χ0) is 13.8. The summed E-state index contributed by atoms with van der Waals surface area (Å²) in [7, 11) is 0. The molecule has 1 amide bonds. The largest absolute Gasteiger partial charge is 0.370 e. The highest BCUT2D eigenvalue weighted by Gasteiger charge is 2.07. The van der Waals surface area contributed by atoms with Crippen LogP contribution in [0.5, 0.6) is 0 Å². The van der Waals surface area contributed by atoms with Crippen LogP contribution in [-0.2, 0) is 4.79 Å². The Hall–Kier alpha value is -2.08. The highest BCUT2D eigenvalue weighted by atomic mass is 16.1. The summed E-state index contributed by atoms with van der Waals surface area (Å²) in [6, 6.07) is 5.94. The van der Waals surface area contributed by atoms with Crippen molar-refractivity contribution in [2.24, 2.45) is 5.73 Å². The lowest BCUT2D eigenvalue weighted by Gasteiger charge is -2.13. The van der Waals surface area contributed by atoms with Gasteiger partial charge < -0.3 is 21.0 Å². The Kier molecular flexibility index (Phi) is 4.01. The Labute approximate surface area is 110 Å². The number of carbonyl (C=O) groups is 1. The van der Waals surface area contributed by atoms with Gasteiger partial charge in [-0.05, 0) is 37.6 Å². The highest BCUT2D eigenvalue weighted by Crippen LogP contribution is 2.16. The first-order chi connectivity index (χ1) is 9.06. The van der Waals surface area contributed by atoms with E-state index in [9.17, 15) is 9.59 Å². The van der Waals surface area contributed by atoms with Gasteiger partial charge >= 0.3 is 5.69 Å². The molecule has 102 valence electrons. The maximum Gasteiger partial charge on any atom is 0.323 e. The third kappa shape index (κ3) is 3.45. The lowest BCUT2D eigenvalue weighted by Crippen LogP contribution is -2.21. The summed E-state index contributed by atoms with van der Waals surface area (Å²) in [5, 5.41) is 3.32. The summed E-state index contributed by atoms with van der Waals surface area (Å²) in [5.74, 6) is -0.277. The third-order valence-electron chi connectivity index (χ3n) is 3.09. The van der Waals surface area contributed by atoms with E-state index in [2.05, 4.69) is 15.3 Å². The normalized spacial score (nSPS) is 12.7. The van der Waals surface area contributed by atoms with E-state index in [1.54, 1.807) is 0 Å². The van der Waals surface area contributed by atoms with Crippen LogP contribution in [0, 0.1) is 0 Å². The highest BCUT2D eigenvalue weighted by molar-refractivity contribution is 5.75. The number of imidazole rings is 1. The van der Waals surface area contributed by atoms with Crippen LogP contribution < -0.4 is 16.7 Å². The molecule has 0 aliphatic heterocycles. The van der Waals surface area contributed by atoms with Gasteiger partial charge in [0.15, 0.2) is 0 Å². The fourth-order valence-electron chi connectivity index (χ4n) is 2.02. The summed E-state index contributed by atoms with van der Waals surface area (Å²) >= 11 is 0. The van der Waals surface area contributed by atoms with Gasteiger partial charge in [0.25, 0.3) is 0 Å². The van der Waals surface area contributed by atoms with Crippen LogP contribution in [0.3, 0.4) is 0 Å². The zero-order valence-electron chi connectivity index (χ0n) is 10.8. The van der Waals surface area contributed by atoms with E-state index >= 15 is 0 Å². The van der Waals surface area contributed by atoms with E-state index in [1.807, 2.05) is 25.1 Å². The van der Waals surface area contributed by atoms with Crippen molar-refractivity contribution in [2.75, 3.05) is 6.54 Å². The van der Waals surface area contributed by atoms with Crippen molar-refractivity contribution < 1.29 is 4.79 Å². The first-order valence-electron chi connectivity index (χ1n) is 6.30. The van der Waals surface area contributed by atoms with Crippen LogP contribution in [0.15, 0.2) is 23.0 Å². The molecule has 1 aromatic heterocycles. The quantitative estimate of drug-likeness (QED) is 0.578. The monoisotopic (exact) mass is 262 g/mol. The molecule has 6 heteroatoms. The lowest BCUT2D eigenvalue weighted by molar-refractivity contribution is -0.118. The minimum absolute atomic E-state index is 0.149. The van der Waals surface area contributed by atoms with E-state index in [-0.39, 0.29) is 17.6 Å². The number of fused-ring (bicyclic) bond motifs is 1. The average molecular weight is 262 g/mol. The van der Waals surface area contributed by atoms with Crippen LogP contribution in [0.4, 0.5) is 0 Å². The number of hydrogen-bond donors (Lipinski definition) is 4. The first kappa shape index (κ1) is 13.4. The second kappa shape index (κ2) is 5.71. The molecule has 0 fully saturated rings. The molecule has 0 spiro atoms. The number of nitrogens with two attached hydrogens (primary N) is 1. The van der Waals surface area contributed by atoms with Crippen LogP contribution in [0.1, 0.15) is 31.4 Å². The molecule has 0 radical (unpaired) electrons. The molecule has 1 unspecified atom stereocenters. The average Bonchev–Trinajstić information content (AvgIpc) is 2.73. The van der Waals surface area contributed by atoms with Gasteiger partial charge in [0.05, 0.1) is 11.0 Å². The number of rotatable bonds is 6. The van der Waals surface area contributed by atoms with Gasteiger partial charge in [-0.2, -0.15) is 0 Å². The predicted molar refractivity (Wildman–Crippen MR) is 73.8 cm³/mol. The molecule has 0 saturated carbocycles. The number of aromatic amines is 2. The molecule has 0 saturated heterocycles. The lowest BCUT2D eigenvalue weighted by atomic mass is 10.1. The number of nitrogens with one attached hydrogen (secondary N) is 3. The number of amides is 1. The number of carbonyl (C=O) groups excluding carboxylic acids is 1. The topological polar surface area (TPSA) is 104 Å². The van der Waals surface area contributed by atoms with Crippen LogP contribution in [0.25, 0.3) is 11.0 Å². The summed E-state index contributed by atoms with van der Waals surface area (Å²) in [5.41, 5.74) is 7.57. The van der Waals surface area contributed by atoms with Gasteiger partial charge in [0.1, 0.15) is 0 Å². The molecule has 1 atom stereocenters. The minimum Gasteiger partial charge on any atom is -0.370 e. The van der Waals surface area contributed by atoms with E-state index in [4.69, 9.17) is 5.73 Å². The van der Waals surface area contributed by atoms with Crippen molar-refractivity contribution in [1.82, 2.24) is 15.3 Å². The third-order valence-corrected chi connectivity index (χ3v) is 3.09. The number of benzene rings is 1. The van der Waals surface area contributed by atoms with Crippen molar-refractivity contribution in [1.29, 1.82) is 0 Å². The van der Waals surface area contributed by atoms with Gasteiger partial charge in [-0.1, -0.05) is 6.07 Å². The molecule has 0 aliphatic rings. The summed E-state index contributed by atoms with van der Waals surface area (Å²) in [6.07, 6.45) is 1.12. The van der Waals surface area contributed by atoms with Gasteiger partial charge in [-0.25, -0.2) is 4.79 Å². The molecule has 5 N–H and O–H groups in total. The van der Waals surface area contributed by atoms with Gasteiger partial charge in [-0.15, -0.1) is 0 Å². The Morgan fingerprint density at radius 3 is 2.84 bits per heavy atom. The summed E-state index contributed by atoms with van der Waals surface area (Å²) in [4.78, 5) is 27.2. The van der Waals surface area contributed by atoms with Crippen LogP contribution in [0.2, 0.25) is 0 Å². The molecule has 6 nitrogen and oxygen atoms in total. The van der Waals surface area contributed by atoms with Crippen molar-refractivity contribution in [3.8, 4) is 0 Å². The Bertz CT molecular complexity index is 629. The fourth-order valence-corrected chi connectivity index (χ4v) is 2.02. The van der Waals surface area contributed by atoms with Crippen molar-refractivity contribution >= 4 is 16.9 Å². The Morgan fingerprint density at radius 1 is 1.37 bits per heavy atom. The number of H-pyrrole nitrogens is 2. The summed E-state index contributed by atoms with van der Waals surface area (Å²) < 4.78 is 0.